The molecule has 1 aliphatic rings. The molecule has 6 heteroatoms. The van der Waals surface area contributed by atoms with Crippen LogP contribution in [-0.2, 0) is 19.3 Å². The standard InChI is InChI=1S/C17H25N5O/c1-22(2)17-20-15-8-11-18-10-7-14(15)16(21-17)19-9-3-5-13-6-4-12-23-13/h4,6,12,18H,3,5,7-11H2,1-2H3,(H,19,20,21). The maximum absolute atomic E-state index is 5.38. The van der Waals surface area contributed by atoms with E-state index in [0.29, 0.717) is 0 Å². The molecule has 23 heavy (non-hydrogen) atoms. The fourth-order valence-electron chi connectivity index (χ4n) is 2.80. The number of anilines is 2. The van der Waals surface area contributed by atoms with E-state index in [4.69, 9.17) is 14.4 Å². The molecule has 3 heterocycles. The Labute approximate surface area is 137 Å². The number of aryl methyl sites for hydroxylation is 1. The monoisotopic (exact) mass is 315 g/mol. The number of hydrogen-bond donors (Lipinski definition) is 2. The first-order valence-corrected chi connectivity index (χ1v) is 8.28. The van der Waals surface area contributed by atoms with Gasteiger partial charge in [-0.1, -0.05) is 0 Å². The van der Waals surface area contributed by atoms with Crippen LogP contribution >= 0.6 is 0 Å². The first kappa shape index (κ1) is 15.8. The van der Waals surface area contributed by atoms with Gasteiger partial charge in [0, 0.05) is 45.6 Å². The van der Waals surface area contributed by atoms with E-state index >= 15 is 0 Å². The molecule has 0 amide bonds. The number of nitrogens with one attached hydrogen (secondary N) is 2. The largest absolute Gasteiger partial charge is 0.469 e. The number of hydrogen-bond acceptors (Lipinski definition) is 6. The van der Waals surface area contributed by atoms with Crippen LogP contribution in [0.25, 0.3) is 0 Å². The van der Waals surface area contributed by atoms with E-state index < -0.39 is 0 Å². The number of furan rings is 1. The molecule has 1 aliphatic heterocycles. The van der Waals surface area contributed by atoms with Crippen LogP contribution < -0.4 is 15.5 Å². The van der Waals surface area contributed by atoms with Crippen molar-refractivity contribution in [2.75, 3.05) is 43.9 Å². The lowest BCUT2D eigenvalue weighted by molar-refractivity contribution is 0.504. The smallest absolute Gasteiger partial charge is 0.227 e. The molecule has 0 spiro atoms. The van der Waals surface area contributed by atoms with Crippen LogP contribution in [0.15, 0.2) is 22.8 Å². The van der Waals surface area contributed by atoms with Gasteiger partial charge in [-0.25, -0.2) is 4.98 Å². The van der Waals surface area contributed by atoms with E-state index in [1.165, 1.54) is 11.3 Å². The van der Waals surface area contributed by atoms with E-state index in [0.717, 1.165) is 62.8 Å². The highest BCUT2D eigenvalue weighted by molar-refractivity contribution is 5.51. The molecule has 0 bridgehead atoms. The van der Waals surface area contributed by atoms with Gasteiger partial charge in [0.1, 0.15) is 11.6 Å². The first-order valence-electron chi connectivity index (χ1n) is 8.28. The average molecular weight is 315 g/mol. The highest BCUT2D eigenvalue weighted by Gasteiger charge is 2.17. The zero-order valence-corrected chi connectivity index (χ0v) is 13.9. The summed E-state index contributed by atoms with van der Waals surface area (Å²) in [6, 6.07) is 3.95. The molecule has 0 unspecified atom stereocenters. The van der Waals surface area contributed by atoms with E-state index in [1.807, 2.05) is 31.1 Å². The Morgan fingerprint density at radius 2 is 2.13 bits per heavy atom. The van der Waals surface area contributed by atoms with Crippen molar-refractivity contribution in [1.82, 2.24) is 15.3 Å². The number of fused-ring (bicyclic) bond motifs is 1. The second kappa shape index (κ2) is 7.46. The summed E-state index contributed by atoms with van der Waals surface area (Å²) in [7, 11) is 3.97. The maximum atomic E-state index is 5.38. The molecule has 0 saturated carbocycles. The summed E-state index contributed by atoms with van der Waals surface area (Å²) in [5, 5.41) is 6.95. The lowest BCUT2D eigenvalue weighted by Crippen LogP contribution is -2.18. The van der Waals surface area contributed by atoms with Gasteiger partial charge in [-0.3, -0.25) is 0 Å². The van der Waals surface area contributed by atoms with Gasteiger partial charge < -0.3 is 20.0 Å². The van der Waals surface area contributed by atoms with Crippen LogP contribution in [0.1, 0.15) is 23.4 Å². The summed E-state index contributed by atoms with van der Waals surface area (Å²) in [6.07, 6.45) is 5.62. The molecule has 124 valence electrons. The fraction of sp³-hybridized carbons (Fsp3) is 0.529. The molecule has 0 aliphatic carbocycles. The van der Waals surface area contributed by atoms with Gasteiger partial charge in [0.05, 0.1) is 12.0 Å². The minimum atomic E-state index is 0.777. The van der Waals surface area contributed by atoms with Crippen LogP contribution in [-0.4, -0.2) is 43.7 Å². The minimum Gasteiger partial charge on any atom is -0.469 e. The van der Waals surface area contributed by atoms with E-state index in [-0.39, 0.29) is 0 Å². The number of aromatic nitrogens is 2. The van der Waals surface area contributed by atoms with Gasteiger partial charge >= 0.3 is 0 Å². The average Bonchev–Trinajstić information content (AvgIpc) is 2.94. The minimum absolute atomic E-state index is 0.777. The van der Waals surface area contributed by atoms with Crippen molar-refractivity contribution in [2.45, 2.75) is 25.7 Å². The van der Waals surface area contributed by atoms with Gasteiger partial charge in [-0.15, -0.1) is 0 Å². The summed E-state index contributed by atoms with van der Waals surface area (Å²) in [6.45, 7) is 2.85. The Hall–Kier alpha value is -2.08. The predicted octanol–water partition coefficient (Wildman–Crippen LogP) is 1.87. The Balaban J connectivity index is 1.70. The summed E-state index contributed by atoms with van der Waals surface area (Å²) < 4.78 is 5.38. The Morgan fingerprint density at radius 1 is 1.26 bits per heavy atom. The van der Waals surface area contributed by atoms with Crippen molar-refractivity contribution in [3.8, 4) is 0 Å². The third-order valence-electron chi connectivity index (χ3n) is 4.04. The van der Waals surface area contributed by atoms with Crippen molar-refractivity contribution >= 4 is 11.8 Å². The summed E-state index contributed by atoms with van der Waals surface area (Å²) in [4.78, 5) is 11.4. The zero-order chi connectivity index (χ0) is 16.1. The van der Waals surface area contributed by atoms with Crippen molar-refractivity contribution in [1.29, 1.82) is 0 Å². The Morgan fingerprint density at radius 3 is 2.91 bits per heavy atom. The van der Waals surface area contributed by atoms with Crippen molar-refractivity contribution in [2.24, 2.45) is 0 Å². The van der Waals surface area contributed by atoms with Gasteiger partial charge in [-0.05, 0) is 31.5 Å². The predicted molar refractivity (Wildman–Crippen MR) is 92.2 cm³/mol. The Bertz CT molecular complexity index is 624. The van der Waals surface area contributed by atoms with Crippen LogP contribution in [0.2, 0.25) is 0 Å². The molecule has 0 fully saturated rings. The second-order valence-electron chi connectivity index (χ2n) is 6.05. The normalized spacial score (nSPS) is 14.2. The van der Waals surface area contributed by atoms with E-state index in [9.17, 15) is 0 Å². The van der Waals surface area contributed by atoms with Gasteiger partial charge in [0.25, 0.3) is 0 Å². The molecule has 2 aromatic heterocycles. The molecule has 0 atom stereocenters. The van der Waals surface area contributed by atoms with E-state index in [1.54, 1.807) is 6.26 Å². The SMILES string of the molecule is CN(C)c1nc2c(c(NCCCc3ccco3)n1)CCNCC2. The van der Waals surface area contributed by atoms with Crippen molar-refractivity contribution < 1.29 is 4.42 Å². The third kappa shape index (κ3) is 4.01. The lowest BCUT2D eigenvalue weighted by Gasteiger charge is -2.17. The molecular weight excluding hydrogens is 290 g/mol. The van der Waals surface area contributed by atoms with Crippen LogP contribution in [0.5, 0.6) is 0 Å². The molecule has 0 radical (unpaired) electrons. The fourth-order valence-corrected chi connectivity index (χ4v) is 2.80. The molecule has 2 aromatic rings. The number of nitrogens with zero attached hydrogens (tertiary/aromatic N) is 3. The number of rotatable bonds is 6. The summed E-state index contributed by atoms with van der Waals surface area (Å²) >= 11 is 0. The molecule has 0 saturated heterocycles. The third-order valence-corrected chi connectivity index (χ3v) is 4.04. The molecule has 6 nitrogen and oxygen atoms in total. The van der Waals surface area contributed by atoms with Crippen LogP contribution in [0, 0.1) is 0 Å². The molecular formula is C17H25N5O. The van der Waals surface area contributed by atoms with Crippen molar-refractivity contribution in [3.63, 3.8) is 0 Å². The lowest BCUT2D eigenvalue weighted by atomic mass is 10.1. The molecule has 0 aromatic carbocycles. The zero-order valence-electron chi connectivity index (χ0n) is 13.9. The molecule has 2 N–H and O–H groups in total. The van der Waals surface area contributed by atoms with Crippen LogP contribution in [0.4, 0.5) is 11.8 Å². The van der Waals surface area contributed by atoms with Gasteiger partial charge in [0.2, 0.25) is 5.95 Å². The van der Waals surface area contributed by atoms with E-state index in [2.05, 4.69) is 10.6 Å². The molecule has 3 rings (SSSR count). The van der Waals surface area contributed by atoms with Crippen LogP contribution in [0.3, 0.4) is 0 Å². The highest BCUT2D eigenvalue weighted by atomic mass is 16.3. The highest BCUT2D eigenvalue weighted by Crippen LogP contribution is 2.22. The maximum Gasteiger partial charge on any atom is 0.227 e. The van der Waals surface area contributed by atoms with Gasteiger partial charge in [0.15, 0.2) is 0 Å². The van der Waals surface area contributed by atoms with Crippen molar-refractivity contribution in [3.05, 3.63) is 35.4 Å². The summed E-state index contributed by atoms with van der Waals surface area (Å²) in [5.74, 6) is 2.80. The quantitative estimate of drug-likeness (QED) is 0.793. The Kier molecular flexibility index (Phi) is 5.12. The second-order valence-corrected chi connectivity index (χ2v) is 6.05. The van der Waals surface area contributed by atoms with Gasteiger partial charge in [-0.2, -0.15) is 4.98 Å². The summed E-state index contributed by atoms with van der Waals surface area (Å²) in [5.41, 5.74) is 2.43. The topological polar surface area (TPSA) is 66.2 Å². The first-order chi connectivity index (χ1) is 11.2.